The second kappa shape index (κ2) is 9.00. The molecule has 0 aromatic heterocycles. The highest BCUT2D eigenvalue weighted by Crippen LogP contribution is 2.34. The van der Waals surface area contributed by atoms with Gasteiger partial charge in [0.15, 0.2) is 0 Å². The van der Waals surface area contributed by atoms with Crippen LogP contribution in [-0.4, -0.2) is 21.5 Å². The topological polar surface area (TPSA) is 55.8 Å². The molecule has 1 N–H and O–H groups in total. The van der Waals surface area contributed by atoms with E-state index in [9.17, 15) is 4.21 Å². The van der Waals surface area contributed by atoms with Crippen LogP contribution in [-0.2, 0) is 21.0 Å². The van der Waals surface area contributed by atoms with Crippen LogP contribution in [0.1, 0.15) is 32.8 Å². The van der Waals surface area contributed by atoms with Crippen molar-refractivity contribution in [3.63, 3.8) is 0 Å². The molecule has 0 bridgehead atoms. The molecule has 2 unspecified atom stereocenters. The van der Waals surface area contributed by atoms with Gasteiger partial charge in [-0.25, -0.2) is 0 Å². The maximum absolute atomic E-state index is 10.7. The number of rotatable bonds is 7. The Kier molecular flexibility index (Phi) is 6.98. The molecule has 0 saturated heterocycles. The number of hydrogen-bond donors (Lipinski definition) is 1. The van der Waals surface area contributed by atoms with E-state index in [0.29, 0.717) is 6.42 Å². The van der Waals surface area contributed by atoms with E-state index in [1.807, 2.05) is 36.4 Å². The first-order valence-electron chi connectivity index (χ1n) is 8.38. The van der Waals surface area contributed by atoms with Crippen LogP contribution in [0.5, 0.6) is 5.75 Å². The van der Waals surface area contributed by atoms with E-state index < -0.39 is 17.5 Å². The molecule has 2 aromatic carbocycles. The van der Waals surface area contributed by atoms with Gasteiger partial charge in [0.05, 0.1) is 6.61 Å². The molecule has 2 aromatic rings. The van der Waals surface area contributed by atoms with Crippen molar-refractivity contribution in [2.24, 2.45) is 0 Å². The fourth-order valence-electron chi connectivity index (χ4n) is 2.50. The fourth-order valence-corrected chi connectivity index (χ4v) is 2.85. The lowest BCUT2D eigenvalue weighted by atomic mass is 9.85. The molecule has 26 heavy (non-hydrogen) atoms. The van der Waals surface area contributed by atoms with Crippen molar-refractivity contribution in [1.82, 2.24) is 0 Å². The molecule has 0 aliphatic carbocycles. The minimum absolute atomic E-state index is 0.0235. The van der Waals surface area contributed by atoms with Gasteiger partial charge in [-0.3, -0.25) is 8.74 Å². The van der Waals surface area contributed by atoms with Crippen LogP contribution in [0.3, 0.4) is 0 Å². The Hall–Kier alpha value is -2.13. The Morgan fingerprint density at radius 1 is 1.19 bits per heavy atom. The second-order valence-electron chi connectivity index (χ2n) is 6.93. The van der Waals surface area contributed by atoms with Gasteiger partial charge in [-0.05, 0) is 28.7 Å². The Balaban J connectivity index is 2.22. The average molecular weight is 372 g/mol. The van der Waals surface area contributed by atoms with Gasteiger partial charge in [0.2, 0.25) is 0 Å². The summed E-state index contributed by atoms with van der Waals surface area (Å²) in [5, 5.41) is 0. The summed E-state index contributed by atoms with van der Waals surface area (Å²) in [5.74, 6) is 3.08. The van der Waals surface area contributed by atoms with E-state index in [4.69, 9.17) is 19.9 Å². The third-order valence-electron chi connectivity index (χ3n) is 3.95. The molecule has 0 heterocycles. The molecule has 0 fully saturated rings. The zero-order chi connectivity index (χ0) is 19.2. The summed E-state index contributed by atoms with van der Waals surface area (Å²) in [5.41, 5.74) is 3.30. The van der Waals surface area contributed by atoms with Crippen molar-refractivity contribution in [2.75, 3.05) is 6.61 Å². The molecule has 4 nitrogen and oxygen atoms in total. The lowest BCUT2D eigenvalue weighted by molar-refractivity contribution is 0.206. The van der Waals surface area contributed by atoms with Crippen LogP contribution in [0, 0.1) is 12.3 Å². The zero-order valence-electron chi connectivity index (χ0n) is 15.3. The van der Waals surface area contributed by atoms with Gasteiger partial charge in [0, 0.05) is 12.0 Å². The number of benzene rings is 2. The van der Waals surface area contributed by atoms with E-state index >= 15 is 0 Å². The summed E-state index contributed by atoms with van der Waals surface area (Å²) in [6, 6.07) is 16.2. The maximum Gasteiger partial charge on any atom is 0.303 e. The van der Waals surface area contributed by atoms with Crippen LogP contribution in [0.4, 0.5) is 0 Å². The minimum atomic E-state index is -2.39. The molecule has 0 amide bonds. The summed E-state index contributed by atoms with van der Waals surface area (Å²) < 4.78 is 30.2. The zero-order valence-corrected chi connectivity index (χ0v) is 16.1. The lowest BCUT2D eigenvalue weighted by Crippen LogP contribution is -2.16. The van der Waals surface area contributed by atoms with Crippen molar-refractivity contribution in [2.45, 2.75) is 38.7 Å². The Labute approximate surface area is 158 Å². The van der Waals surface area contributed by atoms with E-state index in [0.717, 1.165) is 16.9 Å². The predicted molar refractivity (Wildman–Crippen MR) is 105 cm³/mol. The molecule has 0 aliphatic rings. The van der Waals surface area contributed by atoms with Crippen molar-refractivity contribution in [3.8, 4) is 29.2 Å². The first-order valence-corrected chi connectivity index (χ1v) is 9.41. The fraction of sp³-hybridized carbons (Fsp3) is 0.333. The second-order valence-corrected chi connectivity index (χ2v) is 7.56. The van der Waals surface area contributed by atoms with Gasteiger partial charge >= 0.3 is 11.4 Å². The van der Waals surface area contributed by atoms with Crippen LogP contribution in [0.15, 0.2) is 48.5 Å². The van der Waals surface area contributed by atoms with Gasteiger partial charge in [-0.1, -0.05) is 63.1 Å². The highest BCUT2D eigenvalue weighted by atomic mass is 32.2. The molecule has 0 radical (unpaired) electrons. The summed E-state index contributed by atoms with van der Waals surface area (Å²) >= 11 is -2.39. The van der Waals surface area contributed by atoms with Gasteiger partial charge in [0.25, 0.3) is 0 Å². The lowest BCUT2D eigenvalue weighted by Gasteiger charge is -2.22. The average Bonchev–Trinajstić information content (AvgIpc) is 2.60. The summed E-state index contributed by atoms with van der Waals surface area (Å²) in [4.78, 5) is 0. The SMILES string of the molecule is C#CC(CCOc1ccc(C(C)(C)C)cc1-c1ccccc1)OS(=O)O. The first kappa shape index (κ1) is 20.2. The van der Waals surface area contributed by atoms with Crippen molar-refractivity contribution < 1.29 is 17.7 Å². The summed E-state index contributed by atoms with van der Waals surface area (Å²) in [6.45, 7) is 6.78. The molecule has 0 saturated carbocycles. The van der Waals surface area contributed by atoms with E-state index in [1.165, 1.54) is 5.56 Å². The predicted octanol–water partition coefficient (Wildman–Crippen LogP) is 4.58. The normalized spacial score (nSPS) is 13.7. The van der Waals surface area contributed by atoms with Crippen LogP contribution >= 0.6 is 0 Å². The maximum atomic E-state index is 10.7. The van der Waals surface area contributed by atoms with Gasteiger partial charge in [0.1, 0.15) is 11.9 Å². The van der Waals surface area contributed by atoms with Gasteiger partial charge in [-0.15, -0.1) is 6.42 Å². The van der Waals surface area contributed by atoms with Crippen molar-refractivity contribution in [1.29, 1.82) is 0 Å². The molecule has 2 atom stereocenters. The Morgan fingerprint density at radius 3 is 2.46 bits per heavy atom. The largest absolute Gasteiger partial charge is 0.493 e. The third kappa shape index (κ3) is 5.70. The van der Waals surface area contributed by atoms with Crippen LogP contribution in [0.2, 0.25) is 0 Å². The van der Waals surface area contributed by atoms with Gasteiger partial charge in [-0.2, -0.15) is 4.21 Å². The summed E-state index contributed by atoms with van der Waals surface area (Å²) in [6.07, 6.45) is 4.86. The van der Waals surface area contributed by atoms with Crippen LogP contribution in [0.25, 0.3) is 11.1 Å². The molecular weight excluding hydrogens is 348 g/mol. The molecule has 2 rings (SSSR count). The monoisotopic (exact) mass is 372 g/mol. The highest BCUT2D eigenvalue weighted by Gasteiger charge is 2.17. The molecular formula is C21H24O4S. The number of ether oxygens (including phenoxy) is 1. The third-order valence-corrected chi connectivity index (χ3v) is 4.35. The van der Waals surface area contributed by atoms with Crippen molar-refractivity contribution in [3.05, 3.63) is 54.1 Å². The standard InChI is InChI=1S/C21H24O4S/c1-5-18(25-26(22)23)13-14-24-20-12-11-17(21(2,3)4)15-19(20)16-9-7-6-8-10-16/h1,6-12,15,18H,13-14H2,2-4H3,(H,22,23). The number of hydrogen-bond acceptors (Lipinski definition) is 3. The van der Waals surface area contributed by atoms with E-state index in [1.54, 1.807) is 0 Å². The molecule has 0 aliphatic heterocycles. The summed E-state index contributed by atoms with van der Waals surface area (Å²) in [7, 11) is 0. The molecule has 0 spiro atoms. The Bertz CT molecular complexity index is 788. The first-order chi connectivity index (χ1) is 12.3. The Morgan fingerprint density at radius 2 is 1.88 bits per heavy atom. The smallest absolute Gasteiger partial charge is 0.303 e. The van der Waals surface area contributed by atoms with Crippen LogP contribution < -0.4 is 4.74 Å². The van der Waals surface area contributed by atoms with Crippen molar-refractivity contribution >= 4 is 11.4 Å². The molecule has 138 valence electrons. The van der Waals surface area contributed by atoms with E-state index in [2.05, 4.69) is 38.8 Å². The van der Waals surface area contributed by atoms with Gasteiger partial charge < -0.3 is 4.74 Å². The van der Waals surface area contributed by atoms with E-state index in [-0.39, 0.29) is 12.0 Å². The quantitative estimate of drug-likeness (QED) is 0.571. The minimum Gasteiger partial charge on any atom is -0.493 e. The molecule has 5 heteroatoms. The number of terminal acetylenes is 1. The highest BCUT2D eigenvalue weighted by molar-refractivity contribution is 7.74.